The Morgan fingerprint density at radius 2 is 1.80 bits per heavy atom. The lowest BCUT2D eigenvalue weighted by Crippen LogP contribution is -2.35. The maximum atomic E-state index is 6.02. The largest absolute Gasteiger partial charge is 0.377 e. The molecule has 1 N–H and O–H groups in total. The first-order valence-corrected chi connectivity index (χ1v) is 6.58. The summed E-state index contributed by atoms with van der Waals surface area (Å²) >= 11 is 0. The van der Waals surface area contributed by atoms with Crippen LogP contribution in [0.4, 0.5) is 0 Å². The van der Waals surface area contributed by atoms with Gasteiger partial charge in [0.1, 0.15) is 0 Å². The van der Waals surface area contributed by atoms with Gasteiger partial charge in [-0.25, -0.2) is 0 Å². The highest BCUT2D eigenvalue weighted by molar-refractivity contribution is 4.85. The Kier molecular flexibility index (Phi) is 4.04. The van der Waals surface area contributed by atoms with Crippen LogP contribution in [0.2, 0.25) is 0 Å². The molecule has 1 unspecified atom stereocenters. The van der Waals surface area contributed by atoms with Crippen LogP contribution in [0, 0.1) is 11.8 Å². The van der Waals surface area contributed by atoms with Gasteiger partial charge in [0, 0.05) is 6.04 Å². The fourth-order valence-corrected chi connectivity index (χ4v) is 2.59. The molecule has 2 aliphatic rings. The molecule has 0 heterocycles. The summed E-state index contributed by atoms with van der Waals surface area (Å²) in [6, 6.07) is 0.615. The maximum absolute atomic E-state index is 6.02. The lowest BCUT2D eigenvalue weighted by atomic mass is 9.89. The molecule has 0 radical (unpaired) electrons. The van der Waals surface area contributed by atoms with E-state index in [1.165, 1.54) is 38.5 Å². The van der Waals surface area contributed by atoms with Crippen LogP contribution in [0.3, 0.4) is 0 Å². The molecule has 0 spiro atoms. The summed E-state index contributed by atoms with van der Waals surface area (Å²) in [5, 5.41) is 3.39. The molecule has 0 aromatic rings. The fourth-order valence-electron chi connectivity index (χ4n) is 2.59. The molecule has 0 bridgehead atoms. The third-order valence-electron chi connectivity index (χ3n) is 4.04. The normalized spacial score (nSPS) is 34.0. The Balaban J connectivity index is 1.63. The van der Waals surface area contributed by atoms with Gasteiger partial charge in [-0.15, -0.1) is 0 Å². The minimum Gasteiger partial charge on any atom is -0.377 e. The van der Waals surface area contributed by atoms with E-state index in [2.05, 4.69) is 19.3 Å². The fraction of sp³-hybridized carbons (Fsp3) is 1.00. The predicted octanol–water partition coefficient (Wildman–Crippen LogP) is 2.58. The third-order valence-corrected chi connectivity index (χ3v) is 4.04. The van der Waals surface area contributed by atoms with E-state index in [9.17, 15) is 0 Å². The zero-order valence-electron chi connectivity index (χ0n) is 10.2. The van der Waals surface area contributed by atoms with Crippen LogP contribution < -0.4 is 5.32 Å². The van der Waals surface area contributed by atoms with Gasteiger partial charge in [-0.1, -0.05) is 6.92 Å². The number of nitrogens with one attached hydrogen (secondary N) is 1. The molecule has 0 amide bonds. The molecule has 0 aromatic heterocycles. The van der Waals surface area contributed by atoms with E-state index in [1.54, 1.807) is 0 Å². The van der Waals surface area contributed by atoms with E-state index >= 15 is 0 Å². The summed E-state index contributed by atoms with van der Waals surface area (Å²) < 4.78 is 6.02. The first-order valence-electron chi connectivity index (χ1n) is 6.58. The minimum absolute atomic E-state index is 0.552. The topological polar surface area (TPSA) is 21.3 Å². The Morgan fingerprint density at radius 1 is 1.13 bits per heavy atom. The van der Waals surface area contributed by atoms with Crippen LogP contribution in [0.15, 0.2) is 0 Å². The molecule has 0 saturated heterocycles. The molecule has 2 nitrogen and oxygen atoms in total. The molecular weight excluding hydrogens is 186 g/mol. The molecule has 0 aromatic carbocycles. The van der Waals surface area contributed by atoms with Crippen molar-refractivity contribution in [1.29, 1.82) is 0 Å². The van der Waals surface area contributed by atoms with Crippen molar-refractivity contribution in [1.82, 2.24) is 5.32 Å². The average molecular weight is 211 g/mol. The number of hydrogen-bond donors (Lipinski definition) is 1. The number of ether oxygens (including phenoxy) is 1. The van der Waals surface area contributed by atoms with Crippen molar-refractivity contribution in [2.45, 2.75) is 57.6 Å². The van der Waals surface area contributed by atoms with E-state index < -0.39 is 0 Å². The monoisotopic (exact) mass is 211 g/mol. The second-order valence-electron chi connectivity index (χ2n) is 5.45. The van der Waals surface area contributed by atoms with Gasteiger partial charge in [-0.3, -0.25) is 0 Å². The van der Waals surface area contributed by atoms with Gasteiger partial charge in [0.15, 0.2) is 0 Å². The molecule has 2 heteroatoms. The molecule has 15 heavy (non-hydrogen) atoms. The van der Waals surface area contributed by atoms with Gasteiger partial charge in [0.05, 0.1) is 12.7 Å². The molecule has 2 aliphatic carbocycles. The number of rotatable bonds is 5. The predicted molar refractivity (Wildman–Crippen MR) is 62.9 cm³/mol. The van der Waals surface area contributed by atoms with Gasteiger partial charge >= 0.3 is 0 Å². The van der Waals surface area contributed by atoms with Gasteiger partial charge in [-0.2, -0.15) is 0 Å². The molecule has 2 rings (SSSR count). The zero-order chi connectivity index (χ0) is 10.7. The summed E-state index contributed by atoms with van der Waals surface area (Å²) in [5.74, 6) is 1.82. The first-order chi connectivity index (χ1) is 7.29. The Hall–Kier alpha value is -0.0800. The Labute approximate surface area is 93.8 Å². The highest BCUT2D eigenvalue weighted by Gasteiger charge is 2.31. The average Bonchev–Trinajstić information content (AvgIpc) is 3.06. The van der Waals surface area contributed by atoms with Crippen LogP contribution in [0.5, 0.6) is 0 Å². The molecule has 1 atom stereocenters. The lowest BCUT2D eigenvalue weighted by molar-refractivity contribution is 0.00638. The van der Waals surface area contributed by atoms with E-state index in [0.29, 0.717) is 12.1 Å². The highest BCUT2D eigenvalue weighted by Crippen LogP contribution is 2.33. The van der Waals surface area contributed by atoms with Crippen molar-refractivity contribution in [3.8, 4) is 0 Å². The van der Waals surface area contributed by atoms with Gasteiger partial charge in [0.2, 0.25) is 0 Å². The second-order valence-corrected chi connectivity index (χ2v) is 5.45. The SMILES string of the molecule is CNC(COC1CCC(C)CC1)C1CC1. The molecule has 2 saturated carbocycles. The third kappa shape index (κ3) is 3.46. The molecular formula is C13H25NO. The summed E-state index contributed by atoms with van der Waals surface area (Å²) in [4.78, 5) is 0. The van der Waals surface area contributed by atoms with Crippen LogP contribution >= 0.6 is 0 Å². The van der Waals surface area contributed by atoms with Crippen molar-refractivity contribution in [3.05, 3.63) is 0 Å². The zero-order valence-corrected chi connectivity index (χ0v) is 10.2. The maximum Gasteiger partial charge on any atom is 0.0625 e. The first kappa shape index (κ1) is 11.4. The standard InChI is InChI=1S/C13H25NO/c1-10-3-7-12(8-4-10)15-9-13(14-2)11-5-6-11/h10-14H,3-9H2,1-2H3. The highest BCUT2D eigenvalue weighted by atomic mass is 16.5. The van der Waals surface area contributed by atoms with E-state index in [1.807, 2.05) is 0 Å². The van der Waals surface area contributed by atoms with Crippen molar-refractivity contribution in [2.24, 2.45) is 11.8 Å². The van der Waals surface area contributed by atoms with Crippen molar-refractivity contribution in [2.75, 3.05) is 13.7 Å². The minimum atomic E-state index is 0.552. The van der Waals surface area contributed by atoms with Crippen molar-refractivity contribution in [3.63, 3.8) is 0 Å². The number of likely N-dealkylation sites (N-methyl/N-ethyl adjacent to an activating group) is 1. The molecule has 88 valence electrons. The molecule has 2 fully saturated rings. The summed E-state index contributed by atoms with van der Waals surface area (Å²) in [5.41, 5.74) is 0. The second kappa shape index (κ2) is 5.31. The lowest BCUT2D eigenvalue weighted by Gasteiger charge is -2.28. The van der Waals surface area contributed by atoms with Gasteiger partial charge in [0.25, 0.3) is 0 Å². The van der Waals surface area contributed by atoms with E-state index in [-0.39, 0.29) is 0 Å². The molecule has 0 aliphatic heterocycles. The quantitative estimate of drug-likeness (QED) is 0.754. The van der Waals surface area contributed by atoms with Crippen LogP contribution in [-0.4, -0.2) is 25.8 Å². The van der Waals surface area contributed by atoms with Crippen molar-refractivity contribution < 1.29 is 4.74 Å². The smallest absolute Gasteiger partial charge is 0.0625 e. The van der Waals surface area contributed by atoms with Crippen molar-refractivity contribution >= 4 is 0 Å². The Bertz CT molecular complexity index is 183. The Morgan fingerprint density at radius 3 is 2.33 bits per heavy atom. The van der Waals surface area contributed by atoms with Crippen LogP contribution in [-0.2, 0) is 4.74 Å². The van der Waals surface area contributed by atoms with Crippen LogP contribution in [0.25, 0.3) is 0 Å². The summed E-state index contributed by atoms with van der Waals surface area (Å²) in [7, 11) is 2.06. The van der Waals surface area contributed by atoms with Crippen LogP contribution in [0.1, 0.15) is 45.4 Å². The van der Waals surface area contributed by atoms with E-state index in [4.69, 9.17) is 4.74 Å². The summed E-state index contributed by atoms with van der Waals surface area (Å²) in [6.45, 7) is 3.29. The number of hydrogen-bond acceptors (Lipinski definition) is 2. The van der Waals surface area contributed by atoms with Gasteiger partial charge < -0.3 is 10.1 Å². The van der Waals surface area contributed by atoms with E-state index in [0.717, 1.165) is 18.4 Å². The van der Waals surface area contributed by atoms with Gasteiger partial charge in [-0.05, 0) is 57.4 Å². The summed E-state index contributed by atoms with van der Waals surface area (Å²) in [6.07, 6.45) is 8.63.